The Morgan fingerprint density at radius 3 is 2.71 bits per heavy atom. The lowest BCUT2D eigenvalue weighted by Gasteiger charge is -2.12. The Morgan fingerprint density at radius 1 is 1.53 bits per heavy atom. The first kappa shape index (κ1) is 13.7. The van der Waals surface area contributed by atoms with Crippen LogP contribution in [0.1, 0.15) is 45.3 Å². The molecule has 0 saturated heterocycles. The molecule has 0 aliphatic heterocycles. The van der Waals surface area contributed by atoms with E-state index in [2.05, 4.69) is 24.3 Å². The van der Waals surface area contributed by atoms with Gasteiger partial charge < -0.3 is 5.11 Å². The van der Waals surface area contributed by atoms with Crippen molar-refractivity contribution >= 4 is 5.97 Å². The van der Waals surface area contributed by atoms with Crippen LogP contribution in [0.2, 0.25) is 0 Å². The van der Waals surface area contributed by atoms with Crippen LogP contribution in [0.4, 0.5) is 0 Å². The number of hydrogen-bond donors (Lipinski definition) is 2. The highest BCUT2D eigenvalue weighted by Crippen LogP contribution is 2.14. The first-order valence-electron chi connectivity index (χ1n) is 6.08. The second-order valence-corrected chi connectivity index (χ2v) is 4.20. The lowest BCUT2D eigenvalue weighted by atomic mass is 10.2. The molecule has 0 fully saturated rings. The van der Waals surface area contributed by atoms with Gasteiger partial charge in [-0.1, -0.05) is 13.8 Å². The lowest BCUT2D eigenvalue weighted by Crippen LogP contribution is -2.33. The molecule has 1 heterocycles. The van der Waals surface area contributed by atoms with E-state index in [1.165, 1.54) is 0 Å². The third-order valence-electron chi connectivity index (χ3n) is 2.94. The highest BCUT2D eigenvalue weighted by molar-refractivity contribution is 5.72. The highest BCUT2D eigenvalue weighted by atomic mass is 16.4. The minimum Gasteiger partial charge on any atom is -0.480 e. The molecule has 0 aliphatic rings. The second-order valence-electron chi connectivity index (χ2n) is 4.20. The maximum Gasteiger partial charge on any atom is 0.320 e. The van der Waals surface area contributed by atoms with Crippen LogP contribution in [0.25, 0.3) is 0 Å². The third-order valence-corrected chi connectivity index (χ3v) is 2.94. The number of nitrogens with one attached hydrogen (secondary N) is 1. The molecule has 2 N–H and O–H groups in total. The summed E-state index contributed by atoms with van der Waals surface area (Å²) in [5, 5.41) is 16.1. The molecule has 96 valence electrons. The second kappa shape index (κ2) is 6.39. The van der Waals surface area contributed by atoms with E-state index in [0.29, 0.717) is 12.6 Å². The van der Waals surface area contributed by atoms with E-state index < -0.39 is 12.0 Å². The normalized spacial score (nSPS) is 12.9. The molecule has 0 radical (unpaired) electrons. The number of aliphatic carboxylic acids is 1. The molecule has 0 amide bonds. The van der Waals surface area contributed by atoms with Gasteiger partial charge in [0, 0.05) is 12.7 Å². The fourth-order valence-corrected chi connectivity index (χ4v) is 1.68. The lowest BCUT2D eigenvalue weighted by molar-refractivity contribution is -0.139. The van der Waals surface area contributed by atoms with Crippen LogP contribution in [0.5, 0.6) is 0 Å². The highest BCUT2D eigenvalue weighted by Gasteiger charge is 2.11. The number of aromatic nitrogens is 2. The zero-order valence-corrected chi connectivity index (χ0v) is 10.7. The smallest absolute Gasteiger partial charge is 0.320 e. The molecule has 0 bridgehead atoms. The molecule has 0 aliphatic carbocycles. The summed E-state index contributed by atoms with van der Waals surface area (Å²) < 4.78 is 1.96. The van der Waals surface area contributed by atoms with Gasteiger partial charge in [0.25, 0.3) is 0 Å². The Hall–Kier alpha value is -1.36. The van der Waals surface area contributed by atoms with E-state index >= 15 is 0 Å². The van der Waals surface area contributed by atoms with Crippen molar-refractivity contribution in [2.45, 2.75) is 52.2 Å². The van der Waals surface area contributed by atoms with E-state index in [-0.39, 0.29) is 0 Å². The average molecular weight is 239 g/mol. The number of hydrogen-bond acceptors (Lipinski definition) is 3. The fourth-order valence-electron chi connectivity index (χ4n) is 1.68. The van der Waals surface area contributed by atoms with Gasteiger partial charge in [0.05, 0.1) is 11.7 Å². The molecule has 1 aromatic heterocycles. The third kappa shape index (κ3) is 3.85. The Morgan fingerprint density at radius 2 is 2.18 bits per heavy atom. The van der Waals surface area contributed by atoms with Gasteiger partial charge in [-0.2, -0.15) is 5.10 Å². The number of carboxylic acids is 1. The van der Waals surface area contributed by atoms with Crippen molar-refractivity contribution in [3.05, 3.63) is 18.0 Å². The monoisotopic (exact) mass is 239 g/mol. The summed E-state index contributed by atoms with van der Waals surface area (Å²) in [5.41, 5.74) is 0.880. The number of carbonyl (C=O) groups is 1. The van der Waals surface area contributed by atoms with E-state index in [9.17, 15) is 4.79 Å². The molecule has 5 nitrogen and oxygen atoms in total. The molecule has 0 aromatic carbocycles. The van der Waals surface area contributed by atoms with Crippen LogP contribution >= 0.6 is 0 Å². The Bertz CT molecular complexity index is 358. The van der Waals surface area contributed by atoms with Crippen LogP contribution in [0, 0.1) is 0 Å². The van der Waals surface area contributed by atoms with Crippen molar-refractivity contribution in [2.24, 2.45) is 0 Å². The molecule has 1 unspecified atom stereocenters. The maximum absolute atomic E-state index is 10.6. The van der Waals surface area contributed by atoms with Crippen LogP contribution in [0.15, 0.2) is 12.3 Å². The van der Waals surface area contributed by atoms with Gasteiger partial charge in [0.1, 0.15) is 6.04 Å². The fraction of sp³-hybridized carbons (Fsp3) is 0.667. The van der Waals surface area contributed by atoms with Crippen LogP contribution < -0.4 is 5.32 Å². The zero-order chi connectivity index (χ0) is 12.8. The molecular weight excluding hydrogens is 218 g/mol. The predicted octanol–water partition coefficient (Wildman–Crippen LogP) is 1.81. The van der Waals surface area contributed by atoms with Crippen molar-refractivity contribution in [3.8, 4) is 0 Å². The maximum atomic E-state index is 10.6. The average Bonchev–Trinajstić information content (AvgIpc) is 2.76. The van der Waals surface area contributed by atoms with Crippen molar-refractivity contribution in [2.75, 3.05) is 0 Å². The van der Waals surface area contributed by atoms with Gasteiger partial charge in [-0.05, 0) is 25.8 Å². The Kier molecular flexibility index (Phi) is 5.15. The molecule has 1 rings (SSSR count). The van der Waals surface area contributed by atoms with Crippen LogP contribution in [-0.4, -0.2) is 26.9 Å². The van der Waals surface area contributed by atoms with Crippen molar-refractivity contribution in [3.63, 3.8) is 0 Å². The summed E-state index contributed by atoms with van der Waals surface area (Å²) in [6.45, 7) is 6.39. The summed E-state index contributed by atoms with van der Waals surface area (Å²) in [4.78, 5) is 10.6. The Labute approximate surface area is 102 Å². The molecule has 0 spiro atoms. The number of carboxylic acid groups (broad SMARTS) is 1. The van der Waals surface area contributed by atoms with Crippen molar-refractivity contribution in [1.29, 1.82) is 0 Å². The first-order valence-corrected chi connectivity index (χ1v) is 6.08. The van der Waals surface area contributed by atoms with Gasteiger partial charge in [-0.3, -0.25) is 14.8 Å². The van der Waals surface area contributed by atoms with Gasteiger partial charge in [0.15, 0.2) is 0 Å². The molecular formula is C12H21N3O2. The quantitative estimate of drug-likeness (QED) is 0.761. The SMILES string of the molecule is CCC(CC)n1ccc(CNC(C)C(=O)O)n1. The molecule has 17 heavy (non-hydrogen) atoms. The van der Waals surface area contributed by atoms with Gasteiger partial charge in [-0.15, -0.1) is 0 Å². The summed E-state index contributed by atoms with van der Waals surface area (Å²) in [6, 6.07) is 1.81. The topological polar surface area (TPSA) is 67.2 Å². The molecule has 0 saturated carbocycles. The standard InChI is InChI=1S/C12H21N3O2/c1-4-11(5-2)15-7-6-10(14-15)8-13-9(3)12(16)17/h6-7,9,11,13H,4-5,8H2,1-3H3,(H,16,17). The van der Waals surface area contributed by atoms with Crippen molar-refractivity contribution in [1.82, 2.24) is 15.1 Å². The zero-order valence-electron chi connectivity index (χ0n) is 10.7. The summed E-state index contributed by atoms with van der Waals surface area (Å²) in [5.74, 6) is -0.843. The molecule has 1 atom stereocenters. The summed E-state index contributed by atoms with van der Waals surface area (Å²) >= 11 is 0. The molecule has 5 heteroatoms. The van der Waals surface area contributed by atoms with E-state index in [4.69, 9.17) is 5.11 Å². The minimum atomic E-state index is -0.843. The summed E-state index contributed by atoms with van der Waals surface area (Å²) in [6.07, 6.45) is 4.06. The Balaban J connectivity index is 2.54. The summed E-state index contributed by atoms with van der Waals surface area (Å²) in [7, 11) is 0. The van der Waals surface area contributed by atoms with Gasteiger partial charge >= 0.3 is 5.97 Å². The van der Waals surface area contributed by atoms with E-state index in [1.54, 1.807) is 6.92 Å². The number of rotatable bonds is 7. The predicted molar refractivity (Wildman–Crippen MR) is 65.8 cm³/mol. The van der Waals surface area contributed by atoms with Crippen molar-refractivity contribution < 1.29 is 9.90 Å². The van der Waals surface area contributed by atoms with Crippen LogP contribution in [-0.2, 0) is 11.3 Å². The minimum absolute atomic E-state index is 0.431. The van der Waals surface area contributed by atoms with Crippen LogP contribution in [0.3, 0.4) is 0 Å². The van der Waals surface area contributed by atoms with E-state index in [0.717, 1.165) is 18.5 Å². The largest absolute Gasteiger partial charge is 0.480 e. The van der Waals surface area contributed by atoms with E-state index in [1.807, 2.05) is 16.9 Å². The van der Waals surface area contributed by atoms with Gasteiger partial charge in [-0.25, -0.2) is 0 Å². The number of nitrogens with zero attached hydrogens (tertiary/aromatic N) is 2. The van der Waals surface area contributed by atoms with Gasteiger partial charge in [0.2, 0.25) is 0 Å². The molecule has 1 aromatic rings. The first-order chi connectivity index (χ1) is 8.08.